The van der Waals surface area contributed by atoms with Crippen molar-refractivity contribution in [3.8, 4) is 28.5 Å². The quantitative estimate of drug-likeness (QED) is 0.802. The van der Waals surface area contributed by atoms with E-state index in [2.05, 4.69) is 9.97 Å². The van der Waals surface area contributed by atoms with Crippen LogP contribution < -0.4 is 19.9 Å². The third kappa shape index (κ3) is 2.25. The number of H-pyrrole nitrogens is 2. The van der Waals surface area contributed by atoms with Crippen molar-refractivity contribution in [3.63, 3.8) is 0 Å². The summed E-state index contributed by atoms with van der Waals surface area (Å²) in [5, 5.41) is 0. The first-order valence-electron chi connectivity index (χ1n) is 5.72. The Hall–Kier alpha value is -2.70. The van der Waals surface area contributed by atoms with Gasteiger partial charge in [-0.3, -0.25) is 4.79 Å². The predicted molar refractivity (Wildman–Crippen MR) is 71.9 cm³/mol. The van der Waals surface area contributed by atoms with Crippen molar-refractivity contribution in [2.45, 2.75) is 0 Å². The number of aromatic nitrogens is 2. The van der Waals surface area contributed by atoms with Gasteiger partial charge in [0, 0.05) is 5.56 Å². The summed E-state index contributed by atoms with van der Waals surface area (Å²) in [4.78, 5) is 27.2. The fourth-order valence-corrected chi connectivity index (χ4v) is 1.94. The van der Waals surface area contributed by atoms with E-state index in [4.69, 9.17) is 14.2 Å². The topological polar surface area (TPSA) is 93.4 Å². The van der Waals surface area contributed by atoms with Crippen molar-refractivity contribution in [1.29, 1.82) is 0 Å². The smallest absolute Gasteiger partial charge is 0.323 e. The molecule has 2 rings (SSSR count). The van der Waals surface area contributed by atoms with Crippen LogP contribution in [0.25, 0.3) is 11.3 Å². The summed E-state index contributed by atoms with van der Waals surface area (Å²) in [5.74, 6) is 1.30. The molecule has 0 bridgehead atoms. The fourth-order valence-electron chi connectivity index (χ4n) is 1.94. The molecule has 2 aromatic rings. The maximum Gasteiger partial charge on any atom is 0.323 e. The lowest BCUT2D eigenvalue weighted by Gasteiger charge is -2.13. The number of nitrogens with one attached hydrogen (secondary N) is 2. The number of hydrogen-bond acceptors (Lipinski definition) is 5. The van der Waals surface area contributed by atoms with Crippen molar-refractivity contribution in [2.24, 2.45) is 0 Å². The summed E-state index contributed by atoms with van der Waals surface area (Å²) in [6.07, 6.45) is 0.566. The lowest BCUT2D eigenvalue weighted by Crippen LogP contribution is -2.01. The Balaban J connectivity index is 2.68. The first kappa shape index (κ1) is 13.7. The van der Waals surface area contributed by atoms with Gasteiger partial charge in [0.15, 0.2) is 17.8 Å². The molecule has 0 aliphatic heterocycles. The number of methoxy groups -OCH3 is 3. The van der Waals surface area contributed by atoms with E-state index in [9.17, 15) is 9.59 Å². The van der Waals surface area contributed by atoms with Gasteiger partial charge in [-0.25, -0.2) is 4.79 Å². The minimum Gasteiger partial charge on any atom is -0.493 e. The van der Waals surface area contributed by atoms with Crippen LogP contribution in [0.5, 0.6) is 17.2 Å². The van der Waals surface area contributed by atoms with Crippen molar-refractivity contribution < 1.29 is 19.0 Å². The zero-order valence-corrected chi connectivity index (χ0v) is 11.3. The average molecular weight is 278 g/mol. The van der Waals surface area contributed by atoms with Gasteiger partial charge in [-0.05, 0) is 12.1 Å². The summed E-state index contributed by atoms with van der Waals surface area (Å²) >= 11 is 0. The van der Waals surface area contributed by atoms with Crippen LogP contribution in [0.4, 0.5) is 0 Å². The highest BCUT2D eigenvalue weighted by molar-refractivity contribution is 5.84. The highest BCUT2D eigenvalue weighted by Gasteiger charge is 2.17. The zero-order valence-electron chi connectivity index (χ0n) is 11.3. The highest BCUT2D eigenvalue weighted by Crippen LogP contribution is 2.40. The molecule has 1 aromatic heterocycles. The molecular weight excluding hydrogens is 264 g/mol. The molecule has 0 spiro atoms. The summed E-state index contributed by atoms with van der Waals surface area (Å²) in [6.45, 7) is 0. The second-order valence-corrected chi connectivity index (χ2v) is 3.90. The normalized spacial score (nSPS) is 10.2. The van der Waals surface area contributed by atoms with Crippen LogP contribution in [-0.4, -0.2) is 37.6 Å². The number of rotatable bonds is 5. The predicted octanol–water partition coefficient (Wildman–Crippen LogP) is 1.21. The Labute approximate surface area is 114 Å². The van der Waals surface area contributed by atoms with Crippen LogP contribution >= 0.6 is 0 Å². The number of carbonyl (C=O) groups is 1. The summed E-state index contributed by atoms with van der Waals surface area (Å²) in [6, 6.07) is 3.29. The molecule has 0 saturated carbocycles. The van der Waals surface area contributed by atoms with E-state index < -0.39 is 5.69 Å². The number of carbonyl (C=O) groups excluding carboxylic acids is 1. The third-order valence-electron chi connectivity index (χ3n) is 2.83. The maximum absolute atomic E-state index is 11.3. The lowest BCUT2D eigenvalue weighted by molar-refractivity contribution is 0.112. The SMILES string of the molecule is COc1cc(-c2[nH]c(=O)[nH]c2C=O)cc(OC)c1OC. The molecular formula is C13H14N2O5. The van der Waals surface area contributed by atoms with Crippen LogP contribution in [0, 0.1) is 0 Å². The molecule has 0 aliphatic rings. The van der Waals surface area contributed by atoms with Crippen LogP contribution in [0.1, 0.15) is 10.5 Å². The Kier molecular flexibility index (Phi) is 3.79. The van der Waals surface area contributed by atoms with Gasteiger partial charge in [-0.15, -0.1) is 0 Å². The summed E-state index contributed by atoms with van der Waals surface area (Å²) < 4.78 is 15.7. The molecule has 0 amide bonds. The first-order chi connectivity index (χ1) is 9.64. The van der Waals surface area contributed by atoms with Crippen LogP contribution in [0.3, 0.4) is 0 Å². The van der Waals surface area contributed by atoms with E-state index in [-0.39, 0.29) is 5.69 Å². The Morgan fingerprint density at radius 1 is 1.00 bits per heavy atom. The van der Waals surface area contributed by atoms with Gasteiger partial charge in [0.05, 0.1) is 27.0 Å². The Bertz CT molecular complexity index is 661. The fraction of sp³-hybridized carbons (Fsp3) is 0.231. The van der Waals surface area contributed by atoms with E-state index in [0.29, 0.717) is 34.8 Å². The van der Waals surface area contributed by atoms with E-state index in [1.807, 2.05) is 0 Å². The van der Waals surface area contributed by atoms with Gasteiger partial charge in [0.25, 0.3) is 0 Å². The average Bonchev–Trinajstić information content (AvgIpc) is 2.86. The molecule has 0 unspecified atom stereocenters. The molecule has 0 saturated heterocycles. The second kappa shape index (κ2) is 5.52. The van der Waals surface area contributed by atoms with E-state index in [1.165, 1.54) is 21.3 Å². The van der Waals surface area contributed by atoms with Crippen molar-refractivity contribution in [2.75, 3.05) is 21.3 Å². The molecule has 0 aliphatic carbocycles. The third-order valence-corrected chi connectivity index (χ3v) is 2.83. The Morgan fingerprint density at radius 3 is 2.05 bits per heavy atom. The number of aromatic amines is 2. The van der Waals surface area contributed by atoms with E-state index >= 15 is 0 Å². The van der Waals surface area contributed by atoms with Gasteiger partial charge < -0.3 is 24.2 Å². The van der Waals surface area contributed by atoms with Crippen molar-refractivity contribution in [3.05, 3.63) is 28.3 Å². The standard InChI is InChI=1S/C13H14N2O5/c1-18-9-4-7(5-10(19-2)12(9)20-3)11-8(6-16)14-13(17)15-11/h4-6H,1-3H3,(H2,14,15,17). The lowest BCUT2D eigenvalue weighted by atomic mass is 10.1. The molecule has 0 atom stereocenters. The maximum atomic E-state index is 11.3. The highest BCUT2D eigenvalue weighted by atomic mass is 16.5. The molecule has 20 heavy (non-hydrogen) atoms. The monoisotopic (exact) mass is 278 g/mol. The van der Waals surface area contributed by atoms with Crippen LogP contribution in [0.2, 0.25) is 0 Å². The summed E-state index contributed by atoms with van der Waals surface area (Å²) in [5.41, 5.74) is 0.629. The first-order valence-corrected chi connectivity index (χ1v) is 5.72. The molecule has 2 N–H and O–H groups in total. The van der Waals surface area contributed by atoms with Gasteiger partial charge >= 0.3 is 5.69 Å². The molecule has 0 fully saturated rings. The number of imidazole rings is 1. The minimum absolute atomic E-state index is 0.157. The minimum atomic E-state index is -0.462. The number of hydrogen-bond donors (Lipinski definition) is 2. The number of ether oxygens (including phenoxy) is 3. The van der Waals surface area contributed by atoms with Gasteiger partial charge in [-0.2, -0.15) is 0 Å². The summed E-state index contributed by atoms with van der Waals surface area (Å²) in [7, 11) is 4.47. The van der Waals surface area contributed by atoms with Crippen LogP contribution in [-0.2, 0) is 0 Å². The molecule has 7 heteroatoms. The van der Waals surface area contributed by atoms with Gasteiger partial charge in [-0.1, -0.05) is 0 Å². The molecule has 1 aromatic carbocycles. The van der Waals surface area contributed by atoms with E-state index in [1.54, 1.807) is 12.1 Å². The molecule has 106 valence electrons. The van der Waals surface area contributed by atoms with E-state index in [0.717, 1.165) is 0 Å². The molecule has 1 heterocycles. The Morgan fingerprint density at radius 2 is 1.60 bits per heavy atom. The number of benzene rings is 1. The largest absolute Gasteiger partial charge is 0.493 e. The molecule has 7 nitrogen and oxygen atoms in total. The number of aldehydes is 1. The molecule has 0 radical (unpaired) electrons. The second-order valence-electron chi connectivity index (χ2n) is 3.90. The zero-order chi connectivity index (χ0) is 14.7. The van der Waals surface area contributed by atoms with Gasteiger partial charge in [0.1, 0.15) is 5.69 Å². The van der Waals surface area contributed by atoms with Crippen molar-refractivity contribution >= 4 is 6.29 Å². The van der Waals surface area contributed by atoms with Gasteiger partial charge in [0.2, 0.25) is 5.75 Å². The van der Waals surface area contributed by atoms with Crippen molar-refractivity contribution in [1.82, 2.24) is 9.97 Å². The van der Waals surface area contributed by atoms with Crippen LogP contribution in [0.15, 0.2) is 16.9 Å².